The SMILES string of the molecule is COc1ccc([C@@H]2[C@@H]3CN(Cc4ccc(Cl)c(OC)c4)C[C@@H]3CN2C)cc1.Cl.Cl. The molecule has 4 rings (SSSR count). The van der Waals surface area contributed by atoms with Gasteiger partial charge in [-0.2, -0.15) is 0 Å². The molecule has 0 aliphatic carbocycles. The summed E-state index contributed by atoms with van der Waals surface area (Å²) < 4.78 is 10.7. The van der Waals surface area contributed by atoms with Gasteiger partial charge in [-0.25, -0.2) is 0 Å². The predicted molar refractivity (Wildman–Crippen MR) is 123 cm³/mol. The lowest BCUT2D eigenvalue weighted by atomic mass is 9.89. The number of methoxy groups -OCH3 is 2. The summed E-state index contributed by atoms with van der Waals surface area (Å²) in [5.74, 6) is 3.05. The van der Waals surface area contributed by atoms with Crippen molar-refractivity contribution in [3.63, 3.8) is 0 Å². The summed E-state index contributed by atoms with van der Waals surface area (Å²) in [6.07, 6.45) is 0. The van der Waals surface area contributed by atoms with E-state index < -0.39 is 0 Å². The molecule has 0 amide bonds. The van der Waals surface area contributed by atoms with Crippen LogP contribution in [0.15, 0.2) is 42.5 Å². The first-order valence-electron chi connectivity index (χ1n) is 9.48. The molecule has 4 nitrogen and oxygen atoms in total. The van der Waals surface area contributed by atoms with Crippen molar-refractivity contribution in [2.45, 2.75) is 12.6 Å². The topological polar surface area (TPSA) is 24.9 Å². The van der Waals surface area contributed by atoms with Gasteiger partial charge in [0.25, 0.3) is 0 Å². The molecule has 0 radical (unpaired) electrons. The van der Waals surface area contributed by atoms with Gasteiger partial charge in [0.05, 0.1) is 19.2 Å². The molecule has 2 aliphatic rings. The van der Waals surface area contributed by atoms with Crippen molar-refractivity contribution >= 4 is 36.4 Å². The van der Waals surface area contributed by atoms with E-state index in [2.05, 4.69) is 53.2 Å². The Labute approximate surface area is 190 Å². The van der Waals surface area contributed by atoms with E-state index in [0.29, 0.717) is 17.0 Å². The Morgan fingerprint density at radius 2 is 1.69 bits per heavy atom. The lowest BCUT2D eigenvalue weighted by Gasteiger charge is -2.27. The molecule has 0 unspecified atom stereocenters. The van der Waals surface area contributed by atoms with E-state index in [0.717, 1.165) is 43.6 Å². The van der Waals surface area contributed by atoms with E-state index >= 15 is 0 Å². The fraction of sp³-hybridized carbons (Fsp3) is 0.455. The van der Waals surface area contributed by atoms with Crippen molar-refractivity contribution in [3.8, 4) is 11.5 Å². The Balaban J connectivity index is 0.00000150. The average molecular weight is 460 g/mol. The number of nitrogens with zero attached hydrogens (tertiary/aromatic N) is 2. The minimum absolute atomic E-state index is 0. The molecule has 2 aromatic rings. The van der Waals surface area contributed by atoms with Crippen molar-refractivity contribution in [1.82, 2.24) is 9.80 Å². The average Bonchev–Trinajstić information content (AvgIpc) is 3.19. The summed E-state index contributed by atoms with van der Waals surface area (Å²) in [6, 6.07) is 15.2. The summed E-state index contributed by atoms with van der Waals surface area (Å²) in [4.78, 5) is 5.08. The quantitative estimate of drug-likeness (QED) is 0.632. The van der Waals surface area contributed by atoms with Gasteiger partial charge >= 0.3 is 0 Å². The van der Waals surface area contributed by atoms with Crippen LogP contribution in [-0.4, -0.2) is 50.7 Å². The number of rotatable bonds is 5. The zero-order chi connectivity index (χ0) is 19.0. The Morgan fingerprint density at radius 1 is 0.966 bits per heavy atom. The van der Waals surface area contributed by atoms with E-state index in [4.69, 9.17) is 21.1 Å². The molecule has 29 heavy (non-hydrogen) atoms. The summed E-state index contributed by atoms with van der Waals surface area (Å²) in [7, 11) is 5.63. The van der Waals surface area contributed by atoms with E-state index in [1.54, 1.807) is 14.2 Å². The highest BCUT2D eigenvalue weighted by Crippen LogP contribution is 2.44. The van der Waals surface area contributed by atoms with Gasteiger partial charge in [-0.1, -0.05) is 29.8 Å². The largest absolute Gasteiger partial charge is 0.497 e. The fourth-order valence-corrected chi connectivity index (χ4v) is 5.04. The number of fused-ring (bicyclic) bond motifs is 1. The number of ether oxygens (including phenoxy) is 2. The van der Waals surface area contributed by atoms with Gasteiger partial charge in [0.2, 0.25) is 0 Å². The Bertz CT molecular complexity index is 803. The van der Waals surface area contributed by atoms with Crippen molar-refractivity contribution in [3.05, 3.63) is 58.6 Å². The van der Waals surface area contributed by atoms with Crippen LogP contribution in [0.3, 0.4) is 0 Å². The summed E-state index contributed by atoms with van der Waals surface area (Å²) in [5.41, 5.74) is 2.64. The molecule has 0 saturated carbocycles. The standard InChI is InChI=1S/C22H27ClN2O2.2ClH/c1-24-12-17-13-25(11-15-4-9-20(23)21(10-15)27-3)14-19(17)22(24)16-5-7-18(26-2)8-6-16;;/h4-10,17,19,22H,11-14H2,1-3H3;2*1H/t17-,19+,22+;;/m0../s1. The third-order valence-corrected chi connectivity index (χ3v) is 6.36. The zero-order valence-corrected chi connectivity index (χ0v) is 19.4. The van der Waals surface area contributed by atoms with Crippen LogP contribution in [-0.2, 0) is 6.54 Å². The first-order chi connectivity index (χ1) is 13.1. The monoisotopic (exact) mass is 458 g/mol. The molecule has 2 heterocycles. The minimum atomic E-state index is 0. The van der Waals surface area contributed by atoms with Crippen LogP contribution in [0.5, 0.6) is 11.5 Å². The van der Waals surface area contributed by atoms with Gasteiger partial charge in [0, 0.05) is 32.2 Å². The van der Waals surface area contributed by atoms with Gasteiger partial charge in [0.1, 0.15) is 11.5 Å². The molecule has 2 saturated heterocycles. The van der Waals surface area contributed by atoms with Gasteiger partial charge < -0.3 is 9.47 Å². The highest BCUT2D eigenvalue weighted by molar-refractivity contribution is 6.32. The second-order valence-corrected chi connectivity index (χ2v) is 8.15. The van der Waals surface area contributed by atoms with Crippen LogP contribution in [0.2, 0.25) is 5.02 Å². The van der Waals surface area contributed by atoms with Gasteiger partial charge in [-0.05, 0) is 54.3 Å². The molecular weight excluding hydrogens is 431 g/mol. The first-order valence-corrected chi connectivity index (χ1v) is 9.86. The third kappa shape index (κ3) is 4.95. The van der Waals surface area contributed by atoms with Crippen LogP contribution in [0.25, 0.3) is 0 Å². The number of likely N-dealkylation sites (tertiary alicyclic amines) is 2. The van der Waals surface area contributed by atoms with Crippen molar-refractivity contribution in [2.75, 3.05) is 40.9 Å². The number of hydrogen-bond acceptors (Lipinski definition) is 4. The Kier molecular flexibility index (Phi) is 8.50. The van der Waals surface area contributed by atoms with Crippen LogP contribution < -0.4 is 9.47 Å². The van der Waals surface area contributed by atoms with Crippen molar-refractivity contribution in [1.29, 1.82) is 0 Å². The normalized spacial score (nSPS) is 23.8. The summed E-state index contributed by atoms with van der Waals surface area (Å²) in [5, 5.41) is 0.667. The molecule has 0 aromatic heterocycles. The molecule has 160 valence electrons. The third-order valence-electron chi connectivity index (χ3n) is 6.05. The Hall–Kier alpha value is -1.17. The summed E-state index contributed by atoms with van der Waals surface area (Å²) >= 11 is 6.16. The van der Waals surface area contributed by atoms with Crippen molar-refractivity contribution in [2.24, 2.45) is 11.8 Å². The van der Waals surface area contributed by atoms with Crippen molar-refractivity contribution < 1.29 is 9.47 Å². The zero-order valence-electron chi connectivity index (χ0n) is 17.0. The number of hydrogen-bond donors (Lipinski definition) is 0. The van der Waals surface area contributed by atoms with Gasteiger partial charge in [-0.3, -0.25) is 9.80 Å². The Morgan fingerprint density at radius 3 is 2.34 bits per heavy atom. The van der Waals surface area contributed by atoms with E-state index in [1.165, 1.54) is 11.1 Å². The van der Waals surface area contributed by atoms with Crippen LogP contribution >= 0.6 is 36.4 Å². The minimum Gasteiger partial charge on any atom is -0.497 e. The lowest BCUT2D eigenvalue weighted by Crippen LogP contribution is -2.28. The predicted octanol–water partition coefficient (Wildman–Crippen LogP) is 4.94. The maximum atomic E-state index is 6.16. The van der Waals surface area contributed by atoms with Crippen LogP contribution in [0.4, 0.5) is 0 Å². The molecule has 3 atom stereocenters. The maximum Gasteiger partial charge on any atom is 0.137 e. The van der Waals surface area contributed by atoms with E-state index in [1.807, 2.05) is 6.07 Å². The van der Waals surface area contributed by atoms with E-state index in [9.17, 15) is 0 Å². The maximum absolute atomic E-state index is 6.16. The first kappa shape index (κ1) is 24.1. The molecule has 0 bridgehead atoms. The number of benzene rings is 2. The second-order valence-electron chi connectivity index (χ2n) is 7.74. The van der Waals surface area contributed by atoms with Crippen LogP contribution in [0, 0.1) is 11.8 Å². The molecule has 2 aromatic carbocycles. The van der Waals surface area contributed by atoms with Crippen LogP contribution in [0.1, 0.15) is 17.2 Å². The van der Waals surface area contributed by atoms with Gasteiger partial charge in [0.15, 0.2) is 0 Å². The number of halogens is 3. The van der Waals surface area contributed by atoms with E-state index in [-0.39, 0.29) is 24.8 Å². The molecule has 0 spiro atoms. The smallest absolute Gasteiger partial charge is 0.137 e. The molecule has 2 fully saturated rings. The highest BCUT2D eigenvalue weighted by Gasteiger charge is 2.45. The molecule has 7 heteroatoms. The highest BCUT2D eigenvalue weighted by atomic mass is 35.5. The van der Waals surface area contributed by atoms with Gasteiger partial charge in [-0.15, -0.1) is 24.8 Å². The molecular formula is C22H29Cl3N2O2. The second kappa shape index (κ2) is 10.2. The fourth-order valence-electron chi connectivity index (χ4n) is 4.84. The lowest BCUT2D eigenvalue weighted by molar-refractivity contribution is 0.224. The molecule has 0 N–H and O–H groups in total. The molecule has 2 aliphatic heterocycles. The summed E-state index contributed by atoms with van der Waals surface area (Å²) in [6.45, 7) is 4.37.